The van der Waals surface area contributed by atoms with Crippen molar-refractivity contribution < 1.29 is 5.11 Å². The largest absolute Gasteiger partial charge is 0.507 e. The number of aromatic hydroxyl groups is 1. The first kappa shape index (κ1) is 13.7. The Morgan fingerprint density at radius 1 is 1.25 bits per heavy atom. The molecule has 0 amide bonds. The van der Waals surface area contributed by atoms with Crippen LogP contribution in [0.2, 0.25) is 5.02 Å². The van der Waals surface area contributed by atoms with Crippen molar-refractivity contribution in [3.63, 3.8) is 0 Å². The molecule has 3 rings (SSSR count). The fourth-order valence-corrected chi connectivity index (χ4v) is 2.80. The van der Waals surface area contributed by atoms with Crippen LogP contribution in [-0.4, -0.2) is 14.7 Å². The summed E-state index contributed by atoms with van der Waals surface area (Å²) in [6.45, 7) is 2.88. The lowest BCUT2D eigenvalue weighted by Crippen LogP contribution is -1.97. The van der Waals surface area contributed by atoms with Gasteiger partial charge in [0, 0.05) is 17.1 Å². The second-order valence-corrected chi connectivity index (χ2v) is 6.08. The average molecular weight is 399 g/mol. The van der Waals surface area contributed by atoms with Gasteiger partial charge >= 0.3 is 0 Å². The van der Waals surface area contributed by atoms with E-state index in [9.17, 15) is 5.11 Å². The van der Waals surface area contributed by atoms with Crippen LogP contribution < -0.4 is 0 Å². The lowest BCUT2D eigenvalue weighted by Gasteiger charge is -2.07. The van der Waals surface area contributed by atoms with Crippen LogP contribution in [0.4, 0.5) is 0 Å². The maximum atomic E-state index is 9.88. The van der Waals surface area contributed by atoms with Crippen molar-refractivity contribution in [2.24, 2.45) is 0 Å². The van der Waals surface area contributed by atoms with Gasteiger partial charge in [-0.1, -0.05) is 11.6 Å². The van der Waals surface area contributed by atoms with E-state index < -0.39 is 0 Å². The van der Waals surface area contributed by atoms with E-state index in [0.29, 0.717) is 5.02 Å². The van der Waals surface area contributed by atoms with E-state index in [1.165, 1.54) is 0 Å². The van der Waals surface area contributed by atoms with Crippen LogP contribution >= 0.6 is 34.2 Å². The van der Waals surface area contributed by atoms with Crippen LogP contribution in [0.3, 0.4) is 0 Å². The molecule has 20 heavy (non-hydrogen) atoms. The number of hydrogen-bond acceptors (Lipinski definition) is 2. The van der Waals surface area contributed by atoms with Crippen molar-refractivity contribution in [2.45, 2.75) is 13.5 Å². The number of rotatable bonds is 2. The molecule has 0 spiro atoms. The summed E-state index contributed by atoms with van der Waals surface area (Å²) in [6, 6.07) is 11.3. The van der Waals surface area contributed by atoms with Crippen molar-refractivity contribution in [1.29, 1.82) is 0 Å². The van der Waals surface area contributed by atoms with Crippen molar-refractivity contribution in [2.75, 3.05) is 0 Å². The van der Waals surface area contributed by atoms with Crippen molar-refractivity contribution in [3.8, 4) is 17.1 Å². The second-order valence-electron chi connectivity index (χ2n) is 4.48. The molecule has 0 atom stereocenters. The molecule has 0 unspecified atom stereocenters. The Bertz CT molecular complexity index is 798. The molecule has 0 aliphatic heterocycles. The molecule has 2 aromatic carbocycles. The Labute approximate surface area is 135 Å². The minimum atomic E-state index is 0.274. The van der Waals surface area contributed by atoms with Crippen LogP contribution in [0.15, 0.2) is 36.4 Å². The molecule has 0 saturated heterocycles. The summed E-state index contributed by atoms with van der Waals surface area (Å²) < 4.78 is 2.95. The monoisotopic (exact) mass is 398 g/mol. The number of phenols is 1. The number of imidazole rings is 1. The average Bonchev–Trinajstić information content (AvgIpc) is 2.79. The van der Waals surface area contributed by atoms with Gasteiger partial charge < -0.3 is 9.67 Å². The standard InChI is InChI=1S/C15H12ClIN2O/c1-2-19-13-6-4-10(16)8-12(13)18-15(19)9-3-5-11(17)14(20)7-9/h3-8,20H,2H2,1H3. The Morgan fingerprint density at radius 3 is 2.75 bits per heavy atom. The van der Waals surface area contributed by atoms with Crippen LogP contribution in [0, 0.1) is 3.57 Å². The van der Waals surface area contributed by atoms with E-state index >= 15 is 0 Å². The van der Waals surface area contributed by atoms with Crippen LogP contribution in [-0.2, 0) is 6.54 Å². The van der Waals surface area contributed by atoms with Crippen molar-refractivity contribution >= 4 is 45.2 Å². The quantitative estimate of drug-likeness (QED) is 0.636. The normalized spacial score (nSPS) is 11.2. The molecule has 1 N–H and O–H groups in total. The molecule has 3 aromatic rings. The van der Waals surface area contributed by atoms with Crippen LogP contribution in [0.25, 0.3) is 22.4 Å². The van der Waals surface area contributed by atoms with Gasteiger partial charge in [0.2, 0.25) is 0 Å². The molecule has 0 saturated carbocycles. The van der Waals surface area contributed by atoms with E-state index in [1.54, 1.807) is 6.07 Å². The van der Waals surface area contributed by atoms with Crippen LogP contribution in [0.5, 0.6) is 5.75 Å². The molecule has 0 fully saturated rings. The number of nitrogens with zero attached hydrogens (tertiary/aromatic N) is 2. The number of halogens is 2. The lowest BCUT2D eigenvalue weighted by atomic mass is 10.2. The highest BCUT2D eigenvalue weighted by molar-refractivity contribution is 14.1. The highest BCUT2D eigenvalue weighted by atomic mass is 127. The Balaban J connectivity index is 2.26. The van der Waals surface area contributed by atoms with Gasteiger partial charge in [0.05, 0.1) is 14.6 Å². The maximum absolute atomic E-state index is 9.88. The van der Waals surface area contributed by atoms with Gasteiger partial charge in [-0.15, -0.1) is 0 Å². The van der Waals surface area contributed by atoms with E-state index in [0.717, 1.165) is 32.5 Å². The number of phenolic OH excluding ortho intramolecular Hbond substituents is 1. The first-order valence-electron chi connectivity index (χ1n) is 6.25. The molecule has 1 aromatic heterocycles. The van der Waals surface area contributed by atoms with Gasteiger partial charge in [0.15, 0.2) is 0 Å². The second kappa shape index (κ2) is 5.26. The number of benzene rings is 2. The highest BCUT2D eigenvalue weighted by Crippen LogP contribution is 2.30. The van der Waals surface area contributed by atoms with Crippen LogP contribution in [0.1, 0.15) is 6.92 Å². The third-order valence-corrected chi connectivity index (χ3v) is 4.38. The molecule has 3 nitrogen and oxygen atoms in total. The molecule has 1 heterocycles. The van der Waals surface area contributed by atoms with Gasteiger partial charge in [-0.2, -0.15) is 0 Å². The molecule has 5 heteroatoms. The zero-order valence-electron chi connectivity index (χ0n) is 10.8. The van der Waals surface area contributed by atoms with E-state index in [1.807, 2.05) is 30.3 Å². The molecule has 0 bridgehead atoms. The zero-order chi connectivity index (χ0) is 14.3. The Morgan fingerprint density at radius 2 is 2.05 bits per heavy atom. The summed E-state index contributed by atoms with van der Waals surface area (Å²) in [4.78, 5) is 4.65. The van der Waals surface area contributed by atoms with Crippen molar-refractivity contribution in [1.82, 2.24) is 9.55 Å². The SMILES string of the molecule is CCn1c(-c2ccc(I)c(O)c2)nc2cc(Cl)ccc21. The summed E-state index contributed by atoms with van der Waals surface area (Å²) >= 11 is 8.13. The third-order valence-electron chi connectivity index (χ3n) is 3.23. The summed E-state index contributed by atoms with van der Waals surface area (Å²) in [6.07, 6.45) is 0. The van der Waals surface area contributed by atoms with Gasteiger partial charge in [-0.05, 0) is 65.9 Å². The molecule has 0 radical (unpaired) electrons. The lowest BCUT2D eigenvalue weighted by molar-refractivity contribution is 0.471. The fourth-order valence-electron chi connectivity index (χ4n) is 2.30. The maximum Gasteiger partial charge on any atom is 0.141 e. The fraction of sp³-hybridized carbons (Fsp3) is 0.133. The summed E-state index contributed by atoms with van der Waals surface area (Å²) in [5.74, 6) is 1.12. The van der Waals surface area contributed by atoms with E-state index in [2.05, 4.69) is 39.1 Å². The van der Waals surface area contributed by atoms with Gasteiger partial charge in [-0.25, -0.2) is 4.98 Å². The van der Waals surface area contributed by atoms with Gasteiger partial charge in [0.25, 0.3) is 0 Å². The Kier molecular flexibility index (Phi) is 3.60. The topological polar surface area (TPSA) is 38.0 Å². The first-order chi connectivity index (χ1) is 9.60. The van der Waals surface area contributed by atoms with E-state index in [4.69, 9.17) is 11.6 Å². The summed E-state index contributed by atoms with van der Waals surface area (Å²) in [5.41, 5.74) is 2.81. The van der Waals surface area contributed by atoms with Crippen molar-refractivity contribution in [3.05, 3.63) is 45.0 Å². The van der Waals surface area contributed by atoms with Gasteiger partial charge in [0.1, 0.15) is 11.6 Å². The predicted molar refractivity (Wildman–Crippen MR) is 90.2 cm³/mol. The molecular formula is C15H12ClIN2O. The molecule has 0 aliphatic rings. The van der Waals surface area contributed by atoms with E-state index in [-0.39, 0.29) is 5.75 Å². The third kappa shape index (κ3) is 2.27. The minimum absolute atomic E-state index is 0.274. The molecule has 102 valence electrons. The number of fused-ring (bicyclic) bond motifs is 1. The van der Waals surface area contributed by atoms with Gasteiger partial charge in [-0.3, -0.25) is 0 Å². The minimum Gasteiger partial charge on any atom is -0.507 e. The molecular weight excluding hydrogens is 387 g/mol. The number of aromatic nitrogens is 2. The predicted octanol–water partition coefficient (Wildman–Crippen LogP) is 4.69. The summed E-state index contributed by atoms with van der Waals surface area (Å²) in [5, 5.41) is 10.6. The smallest absolute Gasteiger partial charge is 0.141 e. The number of hydrogen-bond donors (Lipinski definition) is 1. The molecule has 0 aliphatic carbocycles. The Hall–Kier alpha value is -1.27. The zero-order valence-corrected chi connectivity index (χ0v) is 13.7. The number of aryl methyl sites for hydroxylation is 1. The first-order valence-corrected chi connectivity index (χ1v) is 7.70. The summed E-state index contributed by atoms with van der Waals surface area (Å²) in [7, 11) is 0. The highest BCUT2D eigenvalue weighted by Gasteiger charge is 2.13.